The first-order valence-electron chi connectivity index (χ1n) is 12.0. The lowest BCUT2D eigenvalue weighted by Gasteiger charge is -2.36. The molecule has 194 valence electrons. The maximum absolute atomic E-state index is 12.6. The van der Waals surface area contributed by atoms with Gasteiger partial charge in [0.15, 0.2) is 10.9 Å². The fourth-order valence-corrected chi connectivity index (χ4v) is 4.55. The number of carbonyl (C=O) groups is 2. The van der Waals surface area contributed by atoms with E-state index in [1.54, 1.807) is 30.3 Å². The fraction of sp³-hybridized carbons (Fsp3) is 0.296. The van der Waals surface area contributed by atoms with E-state index in [4.69, 9.17) is 39.8 Å². The Balaban J connectivity index is 1.28. The summed E-state index contributed by atoms with van der Waals surface area (Å²) < 4.78 is 5.67. The molecule has 2 N–H and O–H groups in total. The summed E-state index contributed by atoms with van der Waals surface area (Å²) in [7, 11) is 0. The number of rotatable bonds is 6. The first kappa shape index (κ1) is 27.0. The molecule has 1 saturated heterocycles. The van der Waals surface area contributed by atoms with Gasteiger partial charge in [0.1, 0.15) is 5.76 Å². The second kappa shape index (κ2) is 12.0. The second-order valence-corrected chi connectivity index (χ2v) is 10.4. The van der Waals surface area contributed by atoms with Gasteiger partial charge in [0.05, 0.1) is 10.0 Å². The number of piperazine rings is 1. The molecule has 2 heterocycles. The molecule has 2 amide bonds. The van der Waals surface area contributed by atoms with Crippen molar-refractivity contribution < 1.29 is 14.0 Å². The van der Waals surface area contributed by atoms with Crippen molar-refractivity contribution in [1.82, 2.24) is 10.2 Å². The number of nitrogens with zero attached hydrogens (tertiary/aromatic N) is 2. The van der Waals surface area contributed by atoms with Crippen LogP contribution in [0.15, 0.2) is 59.0 Å². The smallest absolute Gasteiger partial charge is 0.293 e. The van der Waals surface area contributed by atoms with E-state index in [9.17, 15) is 9.59 Å². The lowest BCUT2D eigenvalue weighted by molar-refractivity contribution is -0.132. The Bertz CT molecular complexity index is 1290. The molecule has 0 radical (unpaired) electrons. The Hall–Kier alpha value is -3.07. The third-order valence-electron chi connectivity index (χ3n) is 5.97. The van der Waals surface area contributed by atoms with Crippen molar-refractivity contribution in [3.63, 3.8) is 0 Å². The molecule has 0 atom stereocenters. The summed E-state index contributed by atoms with van der Waals surface area (Å²) in [5.41, 5.74) is 2.52. The number of anilines is 2. The molecular formula is C27H28Cl2N4O3S. The number of thiocarbonyl (C=S) groups is 1. The molecule has 0 saturated carbocycles. The first-order chi connectivity index (χ1) is 17.7. The fourth-order valence-electron chi connectivity index (χ4n) is 4.04. The molecule has 4 rings (SSSR count). The largest absolute Gasteiger partial charge is 0.451 e. The van der Waals surface area contributed by atoms with Crippen LogP contribution in [0, 0.1) is 5.92 Å². The van der Waals surface area contributed by atoms with Crippen molar-refractivity contribution in [2.75, 3.05) is 36.4 Å². The standard InChI is InChI=1S/C27H28Cl2N4O3S/c1-17(2)15-25(34)33-13-11-32(12-14-33)20-6-4-19(5-7-20)30-27(37)31-26(35)24-10-9-23(36-24)18-3-8-21(28)22(29)16-18/h3-10,16-17H,11-15H2,1-2H3,(H2,30,31,35,37). The maximum Gasteiger partial charge on any atom is 0.293 e. The highest BCUT2D eigenvalue weighted by molar-refractivity contribution is 7.80. The summed E-state index contributed by atoms with van der Waals surface area (Å²) in [6.45, 7) is 7.15. The number of hydrogen-bond acceptors (Lipinski definition) is 5. The molecule has 1 aliphatic rings. The van der Waals surface area contributed by atoms with Crippen LogP contribution < -0.4 is 15.5 Å². The van der Waals surface area contributed by atoms with Crippen LogP contribution in [-0.2, 0) is 4.79 Å². The second-order valence-electron chi connectivity index (χ2n) is 9.21. The number of nitrogens with one attached hydrogen (secondary N) is 2. The van der Waals surface area contributed by atoms with E-state index in [1.807, 2.05) is 29.2 Å². The number of halogens is 2. The molecule has 0 spiro atoms. The number of carbonyl (C=O) groups excluding carboxylic acids is 2. The van der Waals surface area contributed by atoms with Crippen LogP contribution in [0.5, 0.6) is 0 Å². The molecule has 1 aromatic heterocycles. The normalized spacial score (nSPS) is 13.5. The van der Waals surface area contributed by atoms with Crippen LogP contribution in [0.1, 0.15) is 30.8 Å². The minimum Gasteiger partial charge on any atom is -0.451 e. The van der Waals surface area contributed by atoms with Gasteiger partial charge in [-0.05, 0) is 72.7 Å². The molecule has 1 aliphatic heterocycles. The van der Waals surface area contributed by atoms with E-state index in [2.05, 4.69) is 29.4 Å². The van der Waals surface area contributed by atoms with Gasteiger partial charge in [-0.2, -0.15) is 0 Å². The van der Waals surface area contributed by atoms with Crippen molar-refractivity contribution >= 4 is 63.7 Å². The molecular weight excluding hydrogens is 531 g/mol. The van der Waals surface area contributed by atoms with Crippen LogP contribution in [0.3, 0.4) is 0 Å². The Morgan fingerprint density at radius 2 is 1.68 bits per heavy atom. The lowest BCUT2D eigenvalue weighted by atomic mass is 10.1. The quantitative estimate of drug-likeness (QED) is 0.357. The summed E-state index contributed by atoms with van der Waals surface area (Å²) in [6.07, 6.45) is 0.592. The van der Waals surface area contributed by atoms with Crippen molar-refractivity contribution in [2.45, 2.75) is 20.3 Å². The van der Waals surface area contributed by atoms with E-state index in [0.717, 1.165) is 37.6 Å². The summed E-state index contributed by atoms with van der Waals surface area (Å²) in [5, 5.41) is 6.64. The SMILES string of the molecule is CC(C)CC(=O)N1CCN(c2ccc(NC(=S)NC(=O)c3ccc(-c4ccc(Cl)c(Cl)c4)o3)cc2)CC1. The topological polar surface area (TPSA) is 77.8 Å². The average Bonchev–Trinajstić information content (AvgIpc) is 3.36. The van der Waals surface area contributed by atoms with Gasteiger partial charge in [-0.25, -0.2) is 0 Å². The highest BCUT2D eigenvalue weighted by Crippen LogP contribution is 2.29. The molecule has 3 aromatic rings. The Kier molecular flexibility index (Phi) is 8.74. The highest BCUT2D eigenvalue weighted by atomic mass is 35.5. The molecule has 0 unspecified atom stereocenters. The zero-order valence-electron chi connectivity index (χ0n) is 20.6. The zero-order chi connectivity index (χ0) is 26.5. The van der Waals surface area contributed by atoms with Gasteiger partial charge in [-0.3, -0.25) is 14.9 Å². The minimum absolute atomic E-state index is 0.117. The van der Waals surface area contributed by atoms with Crippen LogP contribution in [0.25, 0.3) is 11.3 Å². The number of furan rings is 1. The number of amides is 2. The van der Waals surface area contributed by atoms with Gasteiger partial charge in [0.25, 0.3) is 5.91 Å². The third kappa shape index (κ3) is 7.03. The van der Waals surface area contributed by atoms with E-state index >= 15 is 0 Å². The Morgan fingerprint density at radius 1 is 0.973 bits per heavy atom. The molecule has 7 nitrogen and oxygen atoms in total. The van der Waals surface area contributed by atoms with Crippen LogP contribution in [0.4, 0.5) is 11.4 Å². The molecule has 37 heavy (non-hydrogen) atoms. The van der Waals surface area contributed by atoms with E-state index in [-0.39, 0.29) is 16.8 Å². The van der Waals surface area contributed by atoms with Crippen LogP contribution in [0.2, 0.25) is 10.0 Å². The molecule has 0 bridgehead atoms. The Labute approximate surface area is 231 Å². The maximum atomic E-state index is 12.6. The monoisotopic (exact) mass is 558 g/mol. The summed E-state index contributed by atoms with van der Waals surface area (Å²) in [6, 6.07) is 16.1. The number of hydrogen-bond donors (Lipinski definition) is 2. The molecule has 10 heteroatoms. The zero-order valence-corrected chi connectivity index (χ0v) is 22.9. The van der Waals surface area contributed by atoms with Gasteiger partial charge >= 0.3 is 0 Å². The predicted octanol–water partition coefficient (Wildman–Crippen LogP) is 6.07. The van der Waals surface area contributed by atoms with Crippen molar-refractivity contribution in [3.05, 3.63) is 70.4 Å². The van der Waals surface area contributed by atoms with E-state index < -0.39 is 5.91 Å². The van der Waals surface area contributed by atoms with Gasteiger partial charge < -0.3 is 19.5 Å². The molecule has 0 aliphatic carbocycles. The number of benzene rings is 2. The third-order valence-corrected chi connectivity index (χ3v) is 6.91. The van der Waals surface area contributed by atoms with Crippen molar-refractivity contribution in [2.24, 2.45) is 5.92 Å². The summed E-state index contributed by atoms with van der Waals surface area (Å²) in [5.74, 6) is 0.733. The minimum atomic E-state index is -0.467. The Morgan fingerprint density at radius 3 is 2.32 bits per heavy atom. The highest BCUT2D eigenvalue weighted by Gasteiger charge is 2.22. The lowest BCUT2D eigenvalue weighted by Crippen LogP contribution is -2.49. The molecule has 1 fully saturated rings. The van der Waals surface area contributed by atoms with E-state index in [1.165, 1.54) is 0 Å². The average molecular weight is 560 g/mol. The van der Waals surface area contributed by atoms with Crippen molar-refractivity contribution in [1.29, 1.82) is 0 Å². The predicted molar refractivity (Wildman–Crippen MR) is 153 cm³/mol. The van der Waals surface area contributed by atoms with Crippen LogP contribution in [-0.4, -0.2) is 48.0 Å². The summed E-state index contributed by atoms with van der Waals surface area (Å²) in [4.78, 5) is 29.1. The van der Waals surface area contributed by atoms with Gasteiger partial charge in [0, 0.05) is 49.5 Å². The van der Waals surface area contributed by atoms with E-state index in [0.29, 0.717) is 33.7 Å². The van der Waals surface area contributed by atoms with Crippen LogP contribution >= 0.6 is 35.4 Å². The van der Waals surface area contributed by atoms with Gasteiger partial charge in [-0.1, -0.05) is 37.0 Å². The molecule has 2 aromatic carbocycles. The van der Waals surface area contributed by atoms with Gasteiger partial charge in [0.2, 0.25) is 5.91 Å². The van der Waals surface area contributed by atoms with Crippen molar-refractivity contribution in [3.8, 4) is 11.3 Å². The first-order valence-corrected chi connectivity index (χ1v) is 13.2. The van der Waals surface area contributed by atoms with Gasteiger partial charge in [-0.15, -0.1) is 0 Å². The summed E-state index contributed by atoms with van der Waals surface area (Å²) >= 11 is 17.3.